The Labute approximate surface area is 245 Å². The number of hydrogen-bond donors (Lipinski definition) is 2. The number of nitrogens with one attached hydrogen (secondary N) is 1. The van der Waals surface area contributed by atoms with Gasteiger partial charge in [-0.2, -0.15) is 0 Å². The molecule has 2 aliphatic heterocycles. The number of rotatable bonds is 9. The summed E-state index contributed by atoms with van der Waals surface area (Å²) in [6.07, 6.45) is 6.34. The van der Waals surface area contributed by atoms with Crippen LogP contribution in [0.4, 0.5) is 10.5 Å². The van der Waals surface area contributed by atoms with E-state index in [9.17, 15) is 14.4 Å². The number of hydrogen-bond acceptors (Lipinski definition) is 7. The van der Waals surface area contributed by atoms with Gasteiger partial charge in [-0.25, -0.2) is 14.6 Å². The Bertz CT molecular complexity index is 1350. The minimum Gasteiger partial charge on any atom is -0.493 e. The number of carbonyl (C=O) groups excluding carboxylic acids is 2. The van der Waals surface area contributed by atoms with Crippen LogP contribution in [0.1, 0.15) is 58.4 Å². The summed E-state index contributed by atoms with van der Waals surface area (Å²) in [6.45, 7) is 4.73. The molecule has 2 aromatic carbocycles. The summed E-state index contributed by atoms with van der Waals surface area (Å²) in [5, 5.41) is 11.8. The first-order chi connectivity index (χ1) is 20.4. The van der Waals surface area contributed by atoms with Crippen LogP contribution in [0, 0.1) is 5.92 Å². The van der Waals surface area contributed by atoms with E-state index in [0.29, 0.717) is 36.7 Å². The van der Waals surface area contributed by atoms with Gasteiger partial charge in [0.25, 0.3) is 5.91 Å². The SMILES string of the molecule is O=C(O)c1ccc(OCC2CCN(C(=O)Oc3ccc(NC(=O)c4ccc(CN5CCCCC5)cc4)cn3)CC2)cc1. The van der Waals surface area contributed by atoms with Crippen molar-refractivity contribution < 1.29 is 29.0 Å². The second-order valence-corrected chi connectivity index (χ2v) is 10.8. The van der Waals surface area contributed by atoms with Gasteiger partial charge < -0.3 is 24.8 Å². The number of carboxylic acid groups (broad SMARTS) is 1. The summed E-state index contributed by atoms with van der Waals surface area (Å²) in [5.41, 5.74) is 2.49. The lowest BCUT2D eigenvalue weighted by Gasteiger charge is -2.30. The predicted octanol–water partition coefficient (Wildman–Crippen LogP) is 5.31. The van der Waals surface area contributed by atoms with Gasteiger partial charge in [0.15, 0.2) is 0 Å². The van der Waals surface area contributed by atoms with Gasteiger partial charge in [0, 0.05) is 31.3 Å². The third-order valence-corrected chi connectivity index (χ3v) is 7.72. The maximum Gasteiger partial charge on any atom is 0.416 e. The highest BCUT2D eigenvalue weighted by Gasteiger charge is 2.25. The van der Waals surface area contributed by atoms with Gasteiger partial charge >= 0.3 is 12.1 Å². The van der Waals surface area contributed by atoms with Gasteiger partial charge in [-0.05, 0) is 92.7 Å². The number of carboxylic acids is 1. The zero-order chi connectivity index (χ0) is 29.3. The van der Waals surface area contributed by atoms with E-state index in [1.807, 2.05) is 24.3 Å². The number of benzene rings is 2. The number of nitrogens with zero attached hydrogens (tertiary/aromatic N) is 3. The molecule has 2 saturated heterocycles. The second-order valence-electron chi connectivity index (χ2n) is 10.8. The minimum absolute atomic E-state index is 0.162. The standard InChI is InChI=1S/C32H36N4O6/c37-30(25-6-4-23(5-7-25)21-35-16-2-1-3-17-35)34-27-10-13-29(33-20-27)42-32(40)36-18-14-24(15-19-36)22-41-28-11-8-26(9-12-28)31(38)39/h4-13,20,24H,1-3,14-19,21-22H2,(H,34,37)(H,38,39). The molecule has 3 heterocycles. The van der Waals surface area contributed by atoms with Crippen molar-refractivity contribution in [3.63, 3.8) is 0 Å². The van der Waals surface area contributed by atoms with Gasteiger partial charge in [-0.1, -0.05) is 18.6 Å². The molecule has 5 rings (SSSR count). The van der Waals surface area contributed by atoms with Crippen molar-refractivity contribution in [1.29, 1.82) is 0 Å². The van der Waals surface area contributed by atoms with E-state index in [4.69, 9.17) is 14.6 Å². The molecule has 10 heteroatoms. The van der Waals surface area contributed by atoms with Crippen molar-refractivity contribution in [3.05, 3.63) is 83.6 Å². The fourth-order valence-electron chi connectivity index (χ4n) is 5.20. The molecule has 1 aromatic heterocycles. The van der Waals surface area contributed by atoms with E-state index in [1.165, 1.54) is 43.2 Å². The molecule has 0 bridgehead atoms. The minimum atomic E-state index is -0.974. The fraction of sp³-hybridized carbons (Fsp3) is 0.375. The molecule has 2 N–H and O–H groups in total. The zero-order valence-electron chi connectivity index (χ0n) is 23.5. The molecule has 0 spiro atoms. The summed E-state index contributed by atoms with van der Waals surface area (Å²) < 4.78 is 11.3. The lowest BCUT2D eigenvalue weighted by atomic mass is 9.98. The van der Waals surface area contributed by atoms with Gasteiger partial charge in [-0.3, -0.25) is 9.69 Å². The van der Waals surface area contributed by atoms with E-state index < -0.39 is 12.1 Å². The van der Waals surface area contributed by atoms with Gasteiger partial charge in [0.05, 0.1) is 24.1 Å². The van der Waals surface area contributed by atoms with Gasteiger partial charge in [0.1, 0.15) is 5.75 Å². The van der Waals surface area contributed by atoms with Crippen LogP contribution in [-0.2, 0) is 6.54 Å². The molecule has 0 radical (unpaired) electrons. The quantitative estimate of drug-likeness (QED) is 0.354. The van der Waals surface area contributed by atoms with Crippen LogP contribution < -0.4 is 14.8 Å². The first-order valence-electron chi connectivity index (χ1n) is 14.4. The third kappa shape index (κ3) is 8.07. The molecule has 10 nitrogen and oxygen atoms in total. The maximum absolute atomic E-state index is 12.7. The highest BCUT2D eigenvalue weighted by Crippen LogP contribution is 2.22. The van der Waals surface area contributed by atoms with Crippen molar-refractivity contribution in [3.8, 4) is 11.6 Å². The summed E-state index contributed by atoms with van der Waals surface area (Å²) >= 11 is 0. The number of piperidine rings is 2. The number of aromatic carboxylic acids is 1. The number of ether oxygens (including phenoxy) is 2. The highest BCUT2D eigenvalue weighted by molar-refractivity contribution is 6.04. The van der Waals surface area contributed by atoms with Crippen LogP contribution in [0.2, 0.25) is 0 Å². The van der Waals surface area contributed by atoms with Crippen molar-refractivity contribution in [2.24, 2.45) is 5.92 Å². The Balaban J connectivity index is 1.03. The third-order valence-electron chi connectivity index (χ3n) is 7.72. The fourth-order valence-corrected chi connectivity index (χ4v) is 5.20. The second kappa shape index (κ2) is 14.0. The molecule has 2 fully saturated rings. The summed E-state index contributed by atoms with van der Waals surface area (Å²) in [5.74, 6) is -0.141. The van der Waals surface area contributed by atoms with Crippen LogP contribution in [0.5, 0.6) is 11.6 Å². The summed E-state index contributed by atoms with van der Waals surface area (Å²) in [4.78, 5) is 44.6. The van der Waals surface area contributed by atoms with Crippen molar-refractivity contribution in [2.45, 2.75) is 38.6 Å². The van der Waals surface area contributed by atoms with Crippen LogP contribution in [-0.4, -0.2) is 70.6 Å². The first kappa shape index (κ1) is 29.1. The van der Waals surface area contributed by atoms with Crippen molar-refractivity contribution in [2.75, 3.05) is 38.1 Å². The number of pyridine rings is 1. The predicted molar refractivity (Wildman–Crippen MR) is 157 cm³/mol. The Morgan fingerprint density at radius 3 is 2.19 bits per heavy atom. The smallest absolute Gasteiger partial charge is 0.416 e. The van der Waals surface area contributed by atoms with Crippen LogP contribution >= 0.6 is 0 Å². The van der Waals surface area contributed by atoms with Gasteiger partial charge in [-0.15, -0.1) is 0 Å². The summed E-state index contributed by atoms with van der Waals surface area (Å²) in [6, 6.07) is 17.2. The monoisotopic (exact) mass is 572 g/mol. The summed E-state index contributed by atoms with van der Waals surface area (Å²) in [7, 11) is 0. The average molecular weight is 573 g/mol. The van der Waals surface area contributed by atoms with Crippen LogP contribution in [0.15, 0.2) is 66.9 Å². The molecule has 3 aromatic rings. The number of likely N-dealkylation sites (tertiary alicyclic amines) is 2. The highest BCUT2D eigenvalue weighted by atomic mass is 16.6. The Morgan fingerprint density at radius 1 is 0.857 bits per heavy atom. The van der Waals surface area contributed by atoms with Crippen LogP contribution in [0.3, 0.4) is 0 Å². The molecule has 2 amide bonds. The van der Waals surface area contributed by atoms with Crippen molar-refractivity contribution >= 4 is 23.7 Å². The Kier molecular flexibility index (Phi) is 9.66. The van der Waals surface area contributed by atoms with Gasteiger partial charge in [0.2, 0.25) is 5.88 Å². The lowest BCUT2D eigenvalue weighted by Crippen LogP contribution is -2.41. The van der Waals surface area contributed by atoms with Crippen molar-refractivity contribution in [1.82, 2.24) is 14.8 Å². The Morgan fingerprint density at radius 2 is 1.55 bits per heavy atom. The molecule has 0 atom stereocenters. The topological polar surface area (TPSA) is 121 Å². The number of amides is 2. The zero-order valence-corrected chi connectivity index (χ0v) is 23.5. The van der Waals surface area contributed by atoms with Crippen LogP contribution in [0.25, 0.3) is 0 Å². The van der Waals surface area contributed by atoms with E-state index in [0.717, 1.165) is 32.5 Å². The number of carbonyl (C=O) groups is 3. The van der Waals surface area contributed by atoms with E-state index in [-0.39, 0.29) is 23.3 Å². The molecule has 220 valence electrons. The molecular weight excluding hydrogens is 536 g/mol. The average Bonchev–Trinajstić information content (AvgIpc) is 3.02. The number of aromatic nitrogens is 1. The first-order valence-corrected chi connectivity index (χ1v) is 14.4. The van der Waals surface area contributed by atoms with E-state index in [2.05, 4.69) is 15.2 Å². The molecule has 42 heavy (non-hydrogen) atoms. The normalized spacial score (nSPS) is 16.0. The largest absolute Gasteiger partial charge is 0.493 e. The molecule has 0 aliphatic carbocycles. The van der Waals surface area contributed by atoms with E-state index >= 15 is 0 Å². The molecule has 0 unspecified atom stereocenters. The molecule has 2 aliphatic rings. The maximum atomic E-state index is 12.7. The Hall–Kier alpha value is -4.44. The van der Waals surface area contributed by atoms with E-state index in [1.54, 1.807) is 29.2 Å². The number of anilines is 1. The molecule has 0 saturated carbocycles. The molecular formula is C32H36N4O6. The lowest BCUT2D eigenvalue weighted by molar-refractivity contribution is 0.0696.